The number of hydrogen-bond donors (Lipinski definition) is 1. The fraction of sp³-hybridized carbons (Fsp3) is 0.304. The molecule has 9 heteroatoms. The van der Waals surface area contributed by atoms with Gasteiger partial charge in [-0.3, -0.25) is 10.1 Å². The van der Waals surface area contributed by atoms with E-state index in [2.05, 4.69) is 20.2 Å². The molecular formula is C23H26N6O3. The van der Waals surface area contributed by atoms with Crippen molar-refractivity contribution in [3.8, 4) is 5.75 Å². The van der Waals surface area contributed by atoms with Crippen molar-refractivity contribution in [1.29, 1.82) is 0 Å². The number of hydrogen-bond acceptors (Lipinski definition) is 8. The van der Waals surface area contributed by atoms with Crippen LogP contribution in [0.4, 0.5) is 23.0 Å². The van der Waals surface area contributed by atoms with Crippen LogP contribution in [0.3, 0.4) is 0 Å². The molecular weight excluding hydrogens is 408 g/mol. The van der Waals surface area contributed by atoms with Crippen LogP contribution in [0, 0.1) is 17.0 Å². The number of anilines is 3. The van der Waals surface area contributed by atoms with Crippen molar-refractivity contribution >= 4 is 23.0 Å². The van der Waals surface area contributed by atoms with Crippen LogP contribution >= 0.6 is 0 Å². The van der Waals surface area contributed by atoms with E-state index in [0.29, 0.717) is 25.5 Å². The highest BCUT2D eigenvalue weighted by Gasteiger charge is 2.29. The Kier molecular flexibility index (Phi) is 6.34. The molecule has 2 heterocycles. The lowest BCUT2D eigenvalue weighted by Crippen LogP contribution is -2.47. The summed E-state index contributed by atoms with van der Waals surface area (Å²) in [4.78, 5) is 24.2. The third-order valence-corrected chi connectivity index (χ3v) is 5.58. The summed E-state index contributed by atoms with van der Waals surface area (Å²) in [6, 6.07) is 15.9. The van der Waals surface area contributed by atoms with Gasteiger partial charge in [0.2, 0.25) is 11.6 Å². The van der Waals surface area contributed by atoms with Crippen molar-refractivity contribution in [2.24, 2.45) is 0 Å². The molecule has 1 aliphatic heterocycles. The van der Waals surface area contributed by atoms with E-state index >= 15 is 0 Å². The minimum Gasteiger partial charge on any atom is -0.497 e. The van der Waals surface area contributed by atoms with Gasteiger partial charge in [0, 0.05) is 38.4 Å². The van der Waals surface area contributed by atoms with Crippen molar-refractivity contribution in [2.75, 3.05) is 48.4 Å². The quantitative estimate of drug-likeness (QED) is 0.445. The second-order valence-electron chi connectivity index (χ2n) is 7.66. The number of nitrogens with one attached hydrogen (secondary N) is 1. The third-order valence-electron chi connectivity index (χ3n) is 5.58. The highest BCUT2D eigenvalue weighted by molar-refractivity contribution is 5.70. The Bertz CT molecular complexity index is 1060. The molecule has 0 saturated carbocycles. The summed E-state index contributed by atoms with van der Waals surface area (Å²) in [7, 11) is 1.65. The number of aryl methyl sites for hydroxylation is 1. The van der Waals surface area contributed by atoms with Gasteiger partial charge in [0.25, 0.3) is 0 Å². The summed E-state index contributed by atoms with van der Waals surface area (Å²) in [6.07, 6.45) is 1.38. The average molecular weight is 435 g/mol. The van der Waals surface area contributed by atoms with Crippen LogP contribution in [0.1, 0.15) is 11.1 Å². The molecule has 3 aromatic rings. The Morgan fingerprint density at radius 2 is 1.66 bits per heavy atom. The van der Waals surface area contributed by atoms with Gasteiger partial charge in [-0.1, -0.05) is 29.8 Å². The number of ether oxygens (including phenoxy) is 1. The van der Waals surface area contributed by atoms with E-state index in [-0.39, 0.29) is 11.5 Å². The van der Waals surface area contributed by atoms with Gasteiger partial charge in [-0.25, -0.2) is 9.97 Å². The molecule has 0 unspecified atom stereocenters. The van der Waals surface area contributed by atoms with Crippen LogP contribution < -0.4 is 19.9 Å². The van der Waals surface area contributed by atoms with E-state index in [4.69, 9.17) is 4.74 Å². The highest BCUT2D eigenvalue weighted by atomic mass is 16.6. The molecule has 9 nitrogen and oxygen atoms in total. The predicted octanol–water partition coefficient (Wildman–Crippen LogP) is 3.64. The van der Waals surface area contributed by atoms with Gasteiger partial charge in [0.1, 0.15) is 12.1 Å². The molecule has 0 amide bonds. The van der Waals surface area contributed by atoms with Crippen molar-refractivity contribution in [3.63, 3.8) is 0 Å². The number of methoxy groups -OCH3 is 1. The van der Waals surface area contributed by atoms with Gasteiger partial charge in [0.05, 0.1) is 12.0 Å². The predicted molar refractivity (Wildman–Crippen MR) is 125 cm³/mol. The van der Waals surface area contributed by atoms with E-state index < -0.39 is 4.92 Å². The number of rotatable bonds is 7. The first kappa shape index (κ1) is 21.4. The van der Waals surface area contributed by atoms with Crippen molar-refractivity contribution in [3.05, 3.63) is 76.1 Å². The molecule has 1 aliphatic rings. The molecule has 0 aliphatic carbocycles. The van der Waals surface area contributed by atoms with Crippen molar-refractivity contribution < 1.29 is 9.66 Å². The second-order valence-corrected chi connectivity index (χ2v) is 7.66. The monoisotopic (exact) mass is 434 g/mol. The molecule has 0 radical (unpaired) electrons. The second kappa shape index (κ2) is 9.51. The van der Waals surface area contributed by atoms with Gasteiger partial charge >= 0.3 is 5.69 Å². The summed E-state index contributed by atoms with van der Waals surface area (Å²) in [5, 5.41) is 15.0. The number of nitrogens with zero attached hydrogens (tertiary/aromatic N) is 5. The summed E-state index contributed by atoms with van der Waals surface area (Å²) in [5.41, 5.74) is 3.21. The van der Waals surface area contributed by atoms with Crippen LogP contribution in [-0.4, -0.2) is 48.2 Å². The topological polar surface area (TPSA) is 96.7 Å². The largest absolute Gasteiger partial charge is 0.497 e. The summed E-state index contributed by atoms with van der Waals surface area (Å²) in [6.45, 7) is 5.19. The number of aromatic nitrogens is 2. The Morgan fingerprint density at radius 3 is 2.28 bits per heavy atom. The maximum Gasteiger partial charge on any atom is 0.353 e. The maximum atomic E-state index is 11.9. The van der Waals surface area contributed by atoms with E-state index in [1.807, 2.05) is 60.4 Å². The van der Waals surface area contributed by atoms with E-state index in [1.165, 1.54) is 6.33 Å². The summed E-state index contributed by atoms with van der Waals surface area (Å²) >= 11 is 0. The van der Waals surface area contributed by atoms with E-state index in [1.54, 1.807) is 7.11 Å². The van der Waals surface area contributed by atoms with Gasteiger partial charge in [-0.2, -0.15) is 0 Å². The standard InChI is InChI=1S/C23H26N6O3/c1-17-3-5-18(6-4-17)15-24-22-21(29(30)31)23(26-16-25-22)28-13-11-27(12-14-28)19-7-9-20(32-2)10-8-19/h3-10,16H,11-15H2,1-2H3,(H,24,25,26). The first-order valence-corrected chi connectivity index (χ1v) is 10.5. The molecule has 1 aromatic heterocycles. The fourth-order valence-corrected chi connectivity index (χ4v) is 3.76. The number of benzene rings is 2. The lowest BCUT2D eigenvalue weighted by Gasteiger charge is -2.36. The van der Waals surface area contributed by atoms with Crippen LogP contribution in [0.2, 0.25) is 0 Å². The molecule has 166 valence electrons. The third kappa shape index (κ3) is 4.72. The molecule has 1 N–H and O–H groups in total. The van der Waals surface area contributed by atoms with Gasteiger partial charge in [-0.05, 0) is 36.8 Å². The van der Waals surface area contributed by atoms with E-state index in [0.717, 1.165) is 35.7 Å². The fourth-order valence-electron chi connectivity index (χ4n) is 3.76. The first-order valence-electron chi connectivity index (χ1n) is 10.5. The Morgan fingerprint density at radius 1 is 1.00 bits per heavy atom. The lowest BCUT2D eigenvalue weighted by molar-refractivity contribution is -0.383. The van der Waals surface area contributed by atoms with E-state index in [9.17, 15) is 10.1 Å². The van der Waals surface area contributed by atoms with Crippen LogP contribution in [0.15, 0.2) is 54.9 Å². The summed E-state index contributed by atoms with van der Waals surface area (Å²) < 4.78 is 5.22. The smallest absolute Gasteiger partial charge is 0.353 e. The minimum absolute atomic E-state index is 0.0856. The van der Waals surface area contributed by atoms with Crippen molar-refractivity contribution in [2.45, 2.75) is 13.5 Å². The van der Waals surface area contributed by atoms with Gasteiger partial charge < -0.3 is 19.9 Å². The van der Waals surface area contributed by atoms with Crippen molar-refractivity contribution in [1.82, 2.24) is 9.97 Å². The van der Waals surface area contributed by atoms with Gasteiger partial charge in [-0.15, -0.1) is 0 Å². The maximum absolute atomic E-state index is 11.9. The average Bonchev–Trinajstić information content (AvgIpc) is 2.83. The zero-order valence-electron chi connectivity index (χ0n) is 18.2. The Balaban J connectivity index is 1.47. The molecule has 4 rings (SSSR count). The SMILES string of the molecule is COc1ccc(N2CCN(c3ncnc(NCc4ccc(C)cc4)c3[N+](=O)[O-])CC2)cc1. The molecule has 0 atom stereocenters. The molecule has 1 saturated heterocycles. The van der Waals surface area contributed by atoms with Crippen LogP contribution in [0.5, 0.6) is 5.75 Å². The molecule has 1 fully saturated rings. The van der Waals surface area contributed by atoms with Gasteiger partial charge in [0.15, 0.2) is 0 Å². The summed E-state index contributed by atoms with van der Waals surface area (Å²) in [5.74, 6) is 1.40. The zero-order chi connectivity index (χ0) is 22.5. The molecule has 0 spiro atoms. The lowest BCUT2D eigenvalue weighted by atomic mass is 10.1. The molecule has 32 heavy (non-hydrogen) atoms. The zero-order valence-corrected chi connectivity index (χ0v) is 18.2. The van der Waals surface area contributed by atoms with Crippen LogP contribution in [-0.2, 0) is 6.54 Å². The number of nitro groups is 1. The molecule has 2 aromatic carbocycles. The Hall–Kier alpha value is -3.88. The minimum atomic E-state index is -0.400. The normalized spacial score (nSPS) is 13.7. The molecule has 0 bridgehead atoms. The first-order chi connectivity index (χ1) is 15.5. The highest BCUT2D eigenvalue weighted by Crippen LogP contribution is 2.33. The van der Waals surface area contributed by atoms with Crippen LogP contribution in [0.25, 0.3) is 0 Å². The Labute approximate surface area is 186 Å². The number of piperazine rings is 1.